The lowest BCUT2D eigenvalue weighted by Gasteiger charge is -2.24. The number of amides is 1. The minimum absolute atomic E-state index is 0.180. The molecule has 5 nitrogen and oxygen atoms in total. The highest BCUT2D eigenvalue weighted by molar-refractivity contribution is 7.92. The van der Waals surface area contributed by atoms with Gasteiger partial charge in [-0.1, -0.05) is 18.2 Å². The first kappa shape index (κ1) is 20.0. The molecule has 0 aliphatic rings. The predicted octanol–water partition coefficient (Wildman–Crippen LogP) is 3.12. The molecule has 2 aromatic carbocycles. The van der Waals surface area contributed by atoms with Gasteiger partial charge in [-0.05, 0) is 68.1 Å². The highest BCUT2D eigenvalue weighted by atomic mass is 32.2. The molecule has 0 unspecified atom stereocenters. The fraction of sp³-hybridized carbons (Fsp3) is 0.350. The van der Waals surface area contributed by atoms with Crippen molar-refractivity contribution in [2.75, 3.05) is 23.7 Å². The molecule has 1 amide bonds. The number of hydrogen-bond acceptors (Lipinski definition) is 3. The predicted molar refractivity (Wildman–Crippen MR) is 106 cm³/mol. The number of carbonyl (C=O) groups is 1. The Morgan fingerprint density at radius 3 is 2.23 bits per heavy atom. The molecule has 0 aliphatic heterocycles. The van der Waals surface area contributed by atoms with Gasteiger partial charge < -0.3 is 5.32 Å². The number of nitrogens with zero attached hydrogens (tertiary/aromatic N) is 1. The third kappa shape index (κ3) is 4.85. The van der Waals surface area contributed by atoms with Crippen molar-refractivity contribution in [2.24, 2.45) is 0 Å². The Kier molecular flexibility index (Phi) is 6.08. The number of carbonyl (C=O) groups excluding carboxylic acids is 1. The zero-order chi connectivity index (χ0) is 19.5. The van der Waals surface area contributed by atoms with Crippen LogP contribution in [0.15, 0.2) is 36.4 Å². The van der Waals surface area contributed by atoms with Crippen LogP contribution in [0, 0.1) is 27.7 Å². The van der Waals surface area contributed by atoms with Gasteiger partial charge in [-0.3, -0.25) is 9.10 Å². The Hall–Kier alpha value is -2.34. The molecule has 0 spiro atoms. The molecule has 0 fully saturated rings. The molecule has 0 saturated heterocycles. The summed E-state index contributed by atoms with van der Waals surface area (Å²) in [5, 5.41) is 2.81. The molecule has 0 aliphatic carbocycles. The van der Waals surface area contributed by atoms with Gasteiger partial charge in [-0.15, -0.1) is 0 Å². The van der Waals surface area contributed by atoms with E-state index in [1.165, 1.54) is 10.6 Å². The van der Waals surface area contributed by atoms with E-state index in [-0.39, 0.29) is 19.0 Å². The van der Waals surface area contributed by atoms with Crippen molar-refractivity contribution in [3.05, 3.63) is 64.2 Å². The van der Waals surface area contributed by atoms with Crippen molar-refractivity contribution in [3.8, 4) is 0 Å². The average molecular weight is 375 g/mol. The molecule has 0 aromatic heterocycles. The summed E-state index contributed by atoms with van der Waals surface area (Å²) in [6, 6.07) is 11.2. The van der Waals surface area contributed by atoms with E-state index in [4.69, 9.17) is 0 Å². The van der Waals surface area contributed by atoms with Gasteiger partial charge in [0.1, 0.15) is 0 Å². The van der Waals surface area contributed by atoms with Crippen LogP contribution in [0.1, 0.15) is 32.6 Å². The monoisotopic (exact) mass is 374 g/mol. The van der Waals surface area contributed by atoms with Crippen molar-refractivity contribution in [2.45, 2.75) is 27.7 Å². The first-order valence-corrected chi connectivity index (χ1v) is 10.3. The van der Waals surface area contributed by atoms with Gasteiger partial charge in [-0.25, -0.2) is 8.42 Å². The summed E-state index contributed by atoms with van der Waals surface area (Å²) >= 11 is 0. The Balaban J connectivity index is 2.12. The number of benzene rings is 2. The van der Waals surface area contributed by atoms with Gasteiger partial charge in [0.25, 0.3) is 5.91 Å². The second-order valence-electron chi connectivity index (χ2n) is 6.68. The van der Waals surface area contributed by atoms with Gasteiger partial charge in [0.15, 0.2) is 0 Å². The van der Waals surface area contributed by atoms with Gasteiger partial charge in [0.05, 0.1) is 18.5 Å². The van der Waals surface area contributed by atoms with Crippen LogP contribution >= 0.6 is 0 Å². The molecular formula is C20H26N2O3S. The minimum atomic E-state index is -3.45. The summed E-state index contributed by atoms with van der Waals surface area (Å²) in [4.78, 5) is 12.3. The second kappa shape index (κ2) is 7.91. The van der Waals surface area contributed by atoms with Crippen LogP contribution in [-0.4, -0.2) is 33.7 Å². The number of nitrogens with one attached hydrogen (secondary N) is 1. The third-order valence-corrected chi connectivity index (χ3v) is 5.58. The highest BCUT2D eigenvalue weighted by Crippen LogP contribution is 2.23. The molecular weight excluding hydrogens is 348 g/mol. The fourth-order valence-corrected chi connectivity index (χ4v) is 3.69. The lowest BCUT2D eigenvalue weighted by atomic mass is 10.1. The van der Waals surface area contributed by atoms with Crippen LogP contribution in [0.2, 0.25) is 0 Å². The van der Waals surface area contributed by atoms with Gasteiger partial charge in [0.2, 0.25) is 10.0 Å². The Bertz CT molecular complexity index is 921. The van der Waals surface area contributed by atoms with E-state index in [1.54, 1.807) is 6.07 Å². The van der Waals surface area contributed by atoms with E-state index in [0.717, 1.165) is 22.3 Å². The molecule has 26 heavy (non-hydrogen) atoms. The van der Waals surface area contributed by atoms with E-state index in [9.17, 15) is 13.2 Å². The van der Waals surface area contributed by atoms with Crippen molar-refractivity contribution >= 4 is 21.6 Å². The Morgan fingerprint density at radius 2 is 1.62 bits per heavy atom. The Morgan fingerprint density at radius 1 is 0.962 bits per heavy atom. The highest BCUT2D eigenvalue weighted by Gasteiger charge is 2.19. The number of aryl methyl sites for hydroxylation is 4. The molecule has 2 aromatic rings. The normalized spacial score (nSPS) is 11.3. The van der Waals surface area contributed by atoms with Crippen LogP contribution in [0.25, 0.3) is 0 Å². The lowest BCUT2D eigenvalue weighted by Crippen LogP contribution is -2.38. The number of rotatable bonds is 6. The smallest absolute Gasteiger partial charge is 0.251 e. The van der Waals surface area contributed by atoms with E-state index in [0.29, 0.717) is 11.3 Å². The van der Waals surface area contributed by atoms with Gasteiger partial charge in [-0.2, -0.15) is 0 Å². The molecule has 0 atom stereocenters. The van der Waals surface area contributed by atoms with Crippen molar-refractivity contribution < 1.29 is 13.2 Å². The summed E-state index contributed by atoms with van der Waals surface area (Å²) < 4.78 is 25.8. The van der Waals surface area contributed by atoms with Crippen LogP contribution in [0.3, 0.4) is 0 Å². The maximum Gasteiger partial charge on any atom is 0.251 e. The summed E-state index contributed by atoms with van der Waals surface area (Å²) in [6.07, 6.45) is 1.18. The van der Waals surface area contributed by atoms with E-state index < -0.39 is 10.0 Å². The molecule has 140 valence electrons. The largest absolute Gasteiger partial charge is 0.350 e. The van der Waals surface area contributed by atoms with Crippen molar-refractivity contribution in [3.63, 3.8) is 0 Å². The molecule has 2 rings (SSSR count). The average Bonchev–Trinajstić information content (AvgIpc) is 2.55. The first-order valence-electron chi connectivity index (χ1n) is 8.50. The van der Waals surface area contributed by atoms with Crippen molar-refractivity contribution in [1.82, 2.24) is 5.32 Å². The topological polar surface area (TPSA) is 66.5 Å². The number of anilines is 1. The molecule has 6 heteroatoms. The fourth-order valence-electron chi connectivity index (χ4n) is 2.71. The maximum absolute atomic E-state index is 12.3. The van der Waals surface area contributed by atoms with Crippen LogP contribution in [-0.2, 0) is 10.0 Å². The second-order valence-corrected chi connectivity index (χ2v) is 8.59. The number of hydrogen-bond donors (Lipinski definition) is 1. The van der Waals surface area contributed by atoms with E-state index in [2.05, 4.69) is 5.32 Å². The van der Waals surface area contributed by atoms with Crippen LogP contribution in [0.5, 0.6) is 0 Å². The standard InChI is InChI=1S/C20H26N2O3S/c1-14-6-7-16(3)19(12-14)22(26(5,24)25)11-10-21-20(23)18-9-8-15(2)17(4)13-18/h6-9,12-13H,10-11H2,1-5H3,(H,21,23). The summed E-state index contributed by atoms with van der Waals surface area (Å²) in [6.45, 7) is 8.15. The van der Waals surface area contributed by atoms with Crippen molar-refractivity contribution in [1.29, 1.82) is 0 Å². The van der Waals surface area contributed by atoms with E-state index >= 15 is 0 Å². The zero-order valence-electron chi connectivity index (χ0n) is 16.0. The molecule has 1 N–H and O–H groups in total. The SMILES string of the molecule is Cc1ccc(C)c(N(CCNC(=O)c2ccc(C)c(C)c2)S(C)(=O)=O)c1. The molecule has 0 bridgehead atoms. The van der Waals surface area contributed by atoms with Crippen LogP contribution < -0.4 is 9.62 Å². The molecule has 0 saturated carbocycles. The summed E-state index contributed by atoms with van der Waals surface area (Å²) in [5.74, 6) is -0.206. The van der Waals surface area contributed by atoms with Gasteiger partial charge >= 0.3 is 0 Å². The third-order valence-electron chi connectivity index (χ3n) is 4.40. The minimum Gasteiger partial charge on any atom is -0.350 e. The quantitative estimate of drug-likeness (QED) is 0.845. The number of sulfonamides is 1. The van der Waals surface area contributed by atoms with Gasteiger partial charge in [0, 0.05) is 12.1 Å². The zero-order valence-corrected chi connectivity index (χ0v) is 16.8. The maximum atomic E-state index is 12.3. The Labute approximate surface area is 156 Å². The summed E-state index contributed by atoms with van der Waals surface area (Å²) in [5.41, 5.74) is 5.25. The first-order chi connectivity index (χ1) is 12.1. The van der Waals surface area contributed by atoms with E-state index in [1.807, 2.05) is 58.0 Å². The molecule has 0 heterocycles. The van der Waals surface area contributed by atoms with Crippen LogP contribution in [0.4, 0.5) is 5.69 Å². The molecule has 0 radical (unpaired) electrons. The lowest BCUT2D eigenvalue weighted by molar-refractivity contribution is 0.0954. The summed E-state index contributed by atoms with van der Waals surface area (Å²) in [7, 11) is -3.45.